The number of para-hydroxylation sites is 1. The first-order valence-corrected chi connectivity index (χ1v) is 11.7. The van der Waals surface area contributed by atoms with Crippen molar-refractivity contribution in [2.45, 2.75) is 37.0 Å². The fourth-order valence-corrected chi connectivity index (χ4v) is 5.05. The average molecular weight is 433 g/mol. The molecule has 5 heteroatoms. The van der Waals surface area contributed by atoms with Gasteiger partial charge in [0.1, 0.15) is 0 Å². The van der Waals surface area contributed by atoms with Gasteiger partial charge in [0, 0.05) is 10.1 Å². The number of carbonyl (C=O) groups excluding carboxylic acids is 1. The molecule has 3 nitrogen and oxygen atoms in total. The van der Waals surface area contributed by atoms with E-state index < -0.39 is 0 Å². The van der Waals surface area contributed by atoms with Crippen LogP contribution in [0.4, 0.5) is 5.13 Å². The van der Waals surface area contributed by atoms with E-state index in [1.165, 1.54) is 4.90 Å². The number of anilines is 1. The van der Waals surface area contributed by atoms with Gasteiger partial charge in [-0.25, -0.2) is 4.98 Å². The van der Waals surface area contributed by atoms with Crippen LogP contribution in [0.2, 0.25) is 0 Å². The fraction of sp³-hybridized carbons (Fsp3) is 0.200. The first kappa shape index (κ1) is 20.6. The van der Waals surface area contributed by atoms with Gasteiger partial charge in [0.25, 0.3) is 0 Å². The summed E-state index contributed by atoms with van der Waals surface area (Å²) in [6.45, 7) is 4.88. The molecule has 30 heavy (non-hydrogen) atoms. The number of thiazole rings is 1. The summed E-state index contributed by atoms with van der Waals surface area (Å²) in [6.07, 6.45) is 0.357. The van der Waals surface area contributed by atoms with Gasteiger partial charge in [-0.1, -0.05) is 79.8 Å². The van der Waals surface area contributed by atoms with Crippen molar-refractivity contribution in [2.75, 3.05) is 4.90 Å². The van der Waals surface area contributed by atoms with Crippen LogP contribution in [0.15, 0.2) is 83.8 Å². The third-order valence-electron chi connectivity index (χ3n) is 4.65. The molecule has 0 saturated carbocycles. The number of hydrogen-bond donors (Lipinski definition) is 0. The molecule has 1 aromatic heterocycles. The summed E-state index contributed by atoms with van der Waals surface area (Å²) in [4.78, 5) is 21.1. The SMILES string of the molecule is CC(C)Sc1ccc(CC(=O)N(Cc2ccccc2)c2nc3ccccc3s2)cc1. The second kappa shape index (κ2) is 9.45. The van der Waals surface area contributed by atoms with Crippen LogP contribution < -0.4 is 4.90 Å². The van der Waals surface area contributed by atoms with E-state index in [0.29, 0.717) is 18.2 Å². The zero-order valence-electron chi connectivity index (χ0n) is 17.1. The van der Waals surface area contributed by atoms with Gasteiger partial charge < -0.3 is 0 Å². The highest BCUT2D eigenvalue weighted by Crippen LogP contribution is 2.30. The van der Waals surface area contributed by atoms with E-state index in [0.717, 1.165) is 26.5 Å². The largest absolute Gasteiger partial charge is 0.283 e. The summed E-state index contributed by atoms with van der Waals surface area (Å²) in [5.41, 5.74) is 3.04. The van der Waals surface area contributed by atoms with Crippen LogP contribution in [-0.2, 0) is 17.8 Å². The van der Waals surface area contributed by atoms with Crippen LogP contribution in [-0.4, -0.2) is 16.1 Å². The van der Waals surface area contributed by atoms with Crippen molar-refractivity contribution in [1.82, 2.24) is 4.98 Å². The quantitative estimate of drug-likeness (QED) is 0.310. The molecular weight excluding hydrogens is 408 g/mol. The predicted molar refractivity (Wildman–Crippen MR) is 128 cm³/mol. The monoisotopic (exact) mass is 432 g/mol. The number of benzene rings is 3. The van der Waals surface area contributed by atoms with E-state index in [-0.39, 0.29) is 5.91 Å². The van der Waals surface area contributed by atoms with Gasteiger partial charge in [0.05, 0.1) is 23.2 Å². The Labute approximate surface area is 185 Å². The third-order valence-corrected chi connectivity index (χ3v) is 6.72. The van der Waals surface area contributed by atoms with Gasteiger partial charge in [-0.05, 0) is 35.4 Å². The number of rotatable bonds is 7. The third kappa shape index (κ3) is 5.10. The lowest BCUT2D eigenvalue weighted by atomic mass is 10.1. The van der Waals surface area contributed by atoms with Gasteiger partial charge in [-0.2, -0.15) is 0 Å². The topological polar surface area (TPSA) is 33.2 Å². The van der Waals surface area contributed by atoms with E-state index in [2.05, 4.69) is 38.1 Å². The van der Waals surface area contributed by atoms with Gasteiger partial charge in [0.15, 0.2) is 5.13 Å². The summed E-state index contributed by atoms with van der Waals surface area (Å²) < 4.78 is 1.09. The van der Waals surface area contributed by atoms with E-state index in [9.17, 15) is 4.79 Å². The summed E-state index contributed by atoms with van der Waals surface area (Å²) >= 11 is 3.39. The smallest absolute Gasteiger partial charge is 0.233 e. The minimum Gasteiger partial charge on any atom is -0.283 e. The van der Waals surface area contributed by atoms with Gasteiger partial charge >= 0.3 is 0 Å². The molecule has 0 saturated heterocycles. The molecular formula is C25H24N2OS2. The van der Waals surface area contributed by atoms with Crippen LogP contribution in [0, 0.1) is 0 Å². The van der Waals surface area contributed by atoms with E-state index in [1.807, 2.05) is 71.3 Å². The van der Waals surface area contributed by atoms with Crippen molar-refractivity contribution in [3.8, 4) is 0 Å². The first-order chi connectivity index (χ1) is 14.6. The highest BCUT2D eigenvalue weighted by Gasteiger charge is 2.20. The first-order valence-electron chi connectivity index (χ1n) is 10.0. The minimum atomic E-state index is 0.0576. The summed E-state index contributed by atoms with van der Waals surface area (Å²) in [5, 5.41) is 1.29. The van der Waals surface area contributed by atoms with Crippen LogP contribution in [0.3, 0.4) is 0 Å². The van der Waals surface area contributed by atoms with E-state index >= 15 is 0 Å². The molecule has 1 heterocycles. The van der Waals surface area contributed by atoms with Crippen molar-refractivity contribution in [1.29, 1.82) is 0 Å². The second-order valence-corrected chi connectivity index (χ2v) is 10.1. The second-order valence-electron chi connectivity index (χ2n) is 7.42. The number of thioether (sulfide) groups is 1. The Morgan fingerprint density at radius 3 is 2.33 bits per heavy atom. The molecule has 0 aliphatic heterocycles. The molecule has 0 unspecified atom stereocenters. The fourth-order valence-electron chi connectivity index (χ4n) is 3.23. The molecule has 1 amide bonds. The molecule has 0 atom stereocenters. The van der Waals surface area contributed by atoms with Gasteiger partial charge in [-0.3, -0.25) is 9.69 Å². The van der Waals surface area contributed by atoms with Crippen molar-refractivity contribution in [2.24, 2.45) is 0 Å². The Balaban J connectivity index is 1.59. The van der Waals surface area contributed by atoms with Gasteiger partial charge in [0.2, 0.25) is 5.91 Å². The Kier molecular flexibility index (Phi) is 6.50. The standard InChI is InChI=1S/C25H24N2OS2/c1-18(2)29-21-14-12-19(13-15-21)16-24(28)27(17-20-8-4-3-5-9-20)25-26-22-10-6-7-11-23(22)30-25/h3-15,18H,16-17H2,1-2H3. The molecule has 4 rings (SSSR count). The van der Waals surface area contributed by atoms with Crippen LogP contribution in [0.5, 0.6) is 0 Å². The van der Waals surface area contributed by atoms with Crippen molar-refractivity contribution >= 4 is 44.4 Å². The maximum atomic E-state index is 13.3. The molecule has 0 aliphatic rings. The lowest BCUT2D eigenvalue weighted by molar-refractivity contribution is -0.118. The van der Waals surface area contributed by atoms with Crippen molar-refractivity contribution in [3.05, 3.63) is 90.0 Å². The Morgan fingerprint density at radius 1 is 0.933 bits per heavy atom. The Morgan fingerprint density at radius 2 is 1.63 bits per heavy atom. The number of nitrogens with zero attached hydrogens (tertiary/aromatic N) is 2. The highest BCUT2D eigenvalue weighted by molar-refractivity contribution is 7.99. The number of fused-ring (bicyclic) bond motifs is 1. The molecule has 0 aliphatic carbocycles. The number of carbonyl (C=O) groups is 1. The molecule has 152 valence electrons. The zero-order valence-corrected chi connectivity index (χ0v) is 18.7. The molecule has 0 radical (unpaired) electrons. The highest BCUT2D eigenvalue weighted by atomic mass is 32.2. The molecule has 3 aromatic carbocycles. The lowest BCUT2D eigenvalue weighted by Gasteiger charge is -2.20. The maximum Gasteiger partial charge on any atom is 0.233 e. The molecule has 0 spiro atoms. The van der Waals surface area contributed by atoms with Gasteiger partial charge in [-0.15, -0.1) is 11.8 Å². The van der Waals surface area contributed by atoms with Crippen molar-refractivity contribution < 1.29 is 4.79 Å². The number of aromatic nitrogens is 1. The predicted octanol–water partition coefficient (Wildman–Crippen LogP) is 6.57. The summed E-state index contributed by atoms with van der Waals surface area (Å²) in [7, 11) is 0. The minimum absolute atomic E-state index is 0.0576. The Bertz CT molecular complexity index is 1090. The lowest BCUT2D eigenvalue weighted by Crippen LogP contribution is -2.31. The molecule has 0 N–H and O–H groups in total. The summed E-state index contributed by atoms with van der Waals surface area (Å²) in [5.74, 6) is 0.0576. The molecule has 0 fully saturated rings. The number of hydrogen-bond acceptors (Lipinski definition) is 4. The normalized spacial score (nSPS) is 11.2. The Hall–Kier alpha value is -2.63. The molecule has 0 bridgehead atoms. The summed E-state index contributed by atoms with van der Waals surface area (Å²) in [6, 6.07) is 26.4. The van der Waals surface area contributed by atoms with Crippen LogP contribution >= 0.6 is 23.1 Å². The van der Waals surface area contributed by atoms with Crippen LogP contribution in [0.1, 0.15) is 25.0 Å². The van der Waals surface area contributed by atoms with E-state index in [1.54, 1.807) is 11.3 Å². The average Bonchev–Trinajstić information content (AvgIpc) is 3.17. The van der Waals surface area contributed by atoms with Crippen molar-refractivity contribution in [3.63, 3.8) is 0 Å². The van der Waals surface area contributed by atoms with Crippen LogP contribution in [0.25, 0.3) is 10.2 Å². The maximum absolute atomic E-state index is 13.3. The molecule has 4 aromatic rings. The van der Waals surface area contributed by atoms with E-state index in [4.69, 9.17) is 4.98 Å². The number of amides is 1. The zero-order chi connectivity index (χ0) is 20.9.